The molecule has 3 aromatic rings. The third-order valence-corrected chi connectivity index (χ3v) is 6.01. The number of nitrogens with one attached hydrogen (secondary N) is 1. The maximum atomic E-state index is 13.9. The first-order chi connectivity index (χ1) is 18.2. The van der Waals surface area contributed by atoms with Crippen LogP contribution in [0.2, 0.25) is 0 Å². The molecule has 4 rings (SSSR count). The molecule has 11 heteroatoms. The molecule has 0 fully saturated rings. The molecule has 0 aliphatic carbocycles. The third-order valence-electron chi connectivity index (χ3n) is 6.01. The Morgan fingerprint density at radius 2 is 1.95 bits per heavy atom. The molecule has 2 aromatic heterocycles. The molecule has 0 saturated carbocycles. The molecule has 0 radical (unpaired) electrons. The van der Waals surface area contributed by atoms with Crippen LogP contribution < -0.4 is 10.2 Å². The highest BCUT2D eigenvalue weighted by atomic mass is 19.4. The number of aromatic nitrogens is 4. The highest BCUT2D eigenvalue weighted by Gasteiger charge is 2.45. The molecule has 38 heavy (non-hydrogen) atoms. The second-order valence-corrected chi connectivity index (χ2v) is 8.35. The number of nitrogens with zero attached hydrogens (tertiary/aromatic N) is 5. The van der Waals surface area contributed by atoms with E-state index >= 15 is 0 Å². The van der Waals surface area contributed by atoms with Crippen molar-refractivity contribution < 1.29 is 22.8 Å². The summed E-state index contributed by atoms with van der Waals surface area (Å²) in [5.41, 5.74) is 0.776. The van der Waals surface area contributed by atoms with E-state index < -0.39 is 41.5 Å². The number of amides is 2. The van der Waals surface area contributed by atoms with Crippen molar-refractivity contribution in [3.8, 4) is 5.69 Å². The molecular formula is C27H25F3N6O2. The van der Waals surface area contributed by atoms with Gasteiger partial charge in [-0.1, -0.05) is 49.1 Å². The van der Waals surface area contributed by atoms with E-state index in [0.29, 0.717) is 23.0 Å². The van der Waals surface area contributed by atoms with Crippen LogP contribution in [0, 0.1) is 0 Å². The maximum Gasteiger partial charge on any atom is 0.433 e. The zero-order valence-electron chi connectivity index (χ0n) is 20.7. The molecule has 3 heterocycles. The number of fused-ring (bicyclic) bond motifs is 1. The normalized spacial score (nSPS) is 18.0. The molecule has 1 aliphatic rings. The number of hydrogen-bond donors (Lipinski definition) is 1. The molecule has 1 aliphatic heterocycles. The average molecular weight is 523 g/mol. The Kier molecular flexibility index (Phi) is 7.56. The monoisotopic (exact) mass is 522 g/mol. The number of rotatable bonds is 7. The number of carbonyl (C=O) groups excluding carboxylic acids is 2. The van der Waals surface area contributed by atoms with Crippen LogP contribution in [-0.2, 0) is 11.0 Å². The van der Waals surface area contributed by atoms with E-state index in [2.05, 4.69) is 27.0 Å². The van der Waals surface area contributed by atoms with Crippen LogP contribution in [0.25, 0.3) is 5.69 Å². The van der Waals surface area contributed by atoms with Gasteiger partial charge in [-0.15, -0.1) is 0 Å². The Morgan fingerprint density at radius 3 is 2.58 bits per heavy atom. The number of alkyl halides is 3. The van der Waals surface area contributed by atoms with Gasteiger partial charge in [0.1, 0.15) is 17.6 Å². The summed E-state index contributed by atoms with van der Waals surface area (Å²) < 4.78 is 41.2. The van der Waals surface area contributed by atoms with Crippen molar-refractivity contribution in [1.29, 1.82) is 0 Å². The minimum absolute atomic E-state index is 0.258. The second kappa shape index (κ2) is 10.8. The highest BCUT2D eigenvalue weighted by Crippen LogP contribution is 2.42. The summed E-state index contributed by atoms with van der Waals surface area (Å²) in [6.07, 6.45) is 4.56. The Balaban J connectivity index is 1.84. The lowest BCUT2D eigenvalue weighted by molar-refractivity contribution is -0.141. The van der Waals surface area contributed by atoms with Crippen LogP contribution in [0.4, 0.5) is 19.0 Å². The van der Waals surface area contributed by atoms with Gasteiger partial charge < -0.3 is 5.32 Å². The van der Waals surface area contributed by atoms with Crippen molar-refractivity contribution in [2.75, 3.05) is 11.4 Å². The lowest BCUT2D eigenvalue weighted by atomic mass is 9.81. The highest BCUT2D eigenvalue weighted by molar-refractivity contribution is 6.04. The fraction of sp³-hybridized carbons (Fsp3) is 0.222. The molecular weight excluding hydrogens is 497 g/mol. The minimum Gasteiger partial charge on any atom is -0.337 e. The van der Waals surface area contributed by atoms with Crippen LogP contribution in [0.3, 0.4) is 0 Å². The number of allylic oxidation sites excluding steroid dienone is 4. The van der Waals surface area contributed by atoms with Crippen LogP contribution in [0.1, 0.15) is 41.6 Å². The van der Waals surface area contributed by atoms with E-state index in [9.17, 15) is 22.8 Å². The average Bonchev–Trinajstić information content (AvgIpc) is 3.33. The number of halogens is 3. The van der Waals surface area contributed by atoms with Gasteiger partial charge in [-0.05, 0) is 37.6 Å². The predicted octanol–water partition coefficient (Wildman–Crippen LogP) is 4.62. The molecule has 196 valence electrons. The van der Waals surface area contributed by atoms with E-state index in [0.717, 1.165) is 11.9 Å². The van der Waals surface area contributed by atoms with Crippen LogP contribution >= 0.6 is 0 Å². The Labute approximate surface area is 217 Å². The van der Waals surface area contributed by atoms with E-state index in [1.54, 1.807) is 49.0 Å². The quantitative estimate of drug-likeness (QED) is 0.457. The van der Waals surface area contributed by atoms with E-state index in [1.165, 1.54) is 4.90 Å². The van der Waals surface area contributed by atoms with Crippen molar-refractivity contribution in [2.45, 2.75) is 32.0 Å². The summed E-state index contributed by atoms with van der Waals surface area (Å²) in [5, 5.41) is 7.14. The summed E-state index contributed by atoms with van der Waals surface area (Å²) in [5.74, 6) is -2.34. The SMILES string of the molecule is C=C/C=C(\C=C/C)C1c2cnn(-c3ccccc3)c2N(CC)C(=O)C1NC(=O)c1nccc(C(F)(F)F)n1. The number of hydrogen-bond acceptors (Lipinski definition) is 5. The zero-order valence-corrected chi connectivity index (χ0v) is 20.7. The van der Waals surface area contributed by atoms with Crippen molar-refractivity contribution in [3.05, 3.63) is 102 Å². The molecule has 1 N–H and O–H groups in total. The van der Waals surface area contributed by atoms with E-state index in [4.69, 9.17) is 0 Å². The Hall–Kier alpha value is -4.54. The Bertz CT molecular complexity index is 1410. The van der Waals surface area contributed by atoms with Crippen LogP contribution in [0.5, 0.6) is 0 Å². The zero-order chi connectivity index (χ0) is 27.4. The van der Waals surface area contributed by atoms with Crippen LogP contribution in [-0.4, -0.2) is 44.1 Å². The second-order valence-electron chi connectivity index (χ2n) is 8.35. The summed E-state index contributed by atoms with van der Waals surface area (Å²) >= 11 is 0. The van der Waals surface area contributed by atoms with Gasteiger partial charge in [0.15, 0.2) is 0 Å². The van der Waals surface area contributed by atoms with Crippen molar-refractivity contribution in [2.24, 2.45) is 0 Å². The summed E-state index contributed by atoms with van der Waals surface area (Å²) in [6.45, 7) is 7.61. The third kappa shape index (κ3) is 4.99. The van der Waals surface area contributed by atoms with Crippen molar-refractivity contribution in [1.82, 2.24) is 25.1 Å². The first-order valence-corrected chi connectivity index (χ1v) is 11.8. The molecule has 2 amide bonds. The Morgan fingerprint density at radius 1 is 1.21 bits per heavy atom. The summed E-state index contributed by atoms with van der Waals surface area (Å²) in [4.78, 5) is 35.6. The number of para-hydroxylation sites is 1. The maximum absolute atomic E-state index is 13.9. The fourth-order valence-corrected chi connectivity index (χ4v) is 4.44. The van der Waals surface area contributed by atoms with Gasteiger partial charge in [0.25, 0.3) is 11.8 Å². The van der Waals surface area contributed by atoms with Gasteiger partial charge in [0, 0.05) is 24.2 Å². The molecule has 8 nitrogen and oxygen atoms in total. The van der Waals surface area contributed by atoms with Gasteiger partial charge in [-0.3, -0.25) is 14.5 Å². The van der Waals surface area contributed by atoms with Gasteiger partial charge in [-0.2, -0.15) is 18.3 Å². The first-order valence-electron chi connectivity index (χ1n) is 11.8. The van der Waals surface area contributed by atoms with Gasteiger partial charge in [-0.25, -0.2) is 14.6 Å². The topological polar surface area (TPSA) is 93.0 Å². The molecule has 2 atom stereocenters. The van der Waals surface area contributed by atoms with Crippen molar-refractivity contribution >= 4 is 17.6 Å². The smallest absolute Gasteiger partial charge is 0.337 e. The first kappa shape index (κ1) is 26.5. The largest absolute Gasteiger partial charge is 0.433 e. The van der Waals surface area contributed by atoms with Crippen LogP contribution in [0.15, 0.2) is 85.2 Å². The molecule has 0 saturated heterocycles. The minimum atomic E-state index is -4.76. The molecule has 1 aromatic carbocycles. The summed E-state index contributed by atoms with van der Waals surface area (Å²) in [7, 11) is 0. The number of likely N-dealkylation sites (N-methyl/N-ethyl adjacent to an activating group) is 1. The number of benzene rings is 1. The van der Waals surface area contributed by atoms with Gasteiger partial charge >= 0.3 is 6.18 Å². The molecule has 0 bridgehead atoms. The lowest BCUT2D eigenvalue weighted by Crippen LogP contribution is -2.55. The predicted molar refractivity (Wildman–Crippen MR) is 136 cm³/mol. The van der Waals surface area contributed by atoms with E-state index in [1.807, 2.05) is 30.3 Å². The molecule has 2 unspecified atom stereocenters. The summed E-state index contributed by atoms with van der Waals surface area (Å²) in [6, 6.07) is 8.77. The van der Waals surface area contributed by atoms with Gasteiger partial charge in [0.05, 0.1) is 11.9 Å². The van der Waals surface area contributed by atoms with Crippen molar-refractivity contribution in [3.63, 3.8) is 0 Å². The lowest BCUT2D eigenvalue weighted by Gasteiger charge is -2.38. The van der Waals surface area contributed by atoms with Gasteiger partial charge in [0.2, 0.25) is 5.82 Å². The fourth-order valence-electron chi connectivity index (χ4n) is 4.44. The standard InChI is InChI=1S/C27H25F3N6O2/c1-4-10-17(11-5-2)21-19-16-32-36(18-12-8-7-9-13-18)25(19)35(6-3)26(38)22(21)34-24(37)23-31-15-14-20(33-23)27(28,29)30/h4-5,7-16,21-22H,1,6H2,2-3H3,(H,34,37)/b11-5-,17-10+. The molecule has 0 spiro atoms. The van der Waals surface area contributed by atoms with E-state index in [-0.39, 0.29) is 6.54 Å². The number of carbonyl (C=O) groups is 2. The number of anilines is 1.